The van der Waals surface area contributed by atoms with Crippen molar-refractivity contribution in [2.75, 3.05) is 18.5 Å². The van der Waals surface area contributed by atoms with Crippen LogP contribution in [0.1, 0.15) is 25.3 Å². The molecule has 0 radical (unpaired) electrons. The maximum Gasteiger partial charge on any atom is 0.236 e. The molecule has 1 aliphatic rings. The standard InChI is InChI=1S/C15H23N3O/c1-3-11-4-8-13(9-5-11)18(2)10-14(15(16)19)17-12-6-7-12/h4-5,8-9,12,14,17H,3,6-7,10H2,1-2H3,(H2,16,19). The lowest BCUT2D eigenvalue weighted by Gasteiger charge is -2.25. The van der Waals surface area contributed by atoms with E-state index < -0.39 is 0 Å². The average molecular weight is 261 g/mol. The Morgan fingerprint density at radius 3 is 2.53 bits per heavy atom. The number of primary amides is 1. The van der Waals surface area contributed by atoms with Crippen molar-refractivity contribution in [2.24, 2.45) is 5.73 Å². The molecule has 4 nitrogen and oxygen atoms in total. The summed E-state index contributed by atoms with van der Waals surface area (Å²) in [5, 5.41) is 3.30. The Morgan fingerprint density at radius 1 is 1.42 bits per heavy atom. The summed E-state index contributed by atoms with van der Waals surface area (Å²) in [7, 11) is 1.99. The minimum atomic E-state index is -0.275. The molecule has 0 aromatic heterocycles. The Morgan fingerprint density at radius 2 is 2.05 bits per heavy atom. The van der Waals surface area contributed by atoms with Crippen LogP contribution in [0.15, 0.2) is 24.3 Å². The summed E-state index contributed by atoms with van der Waals surface area (Å²) in [4.78, 5) is 13.5. The SMILES string of the molecule is CCc1ccc(N(C)CC(NC2CC2)C(N)=O)cc1. The molecular formula is C15H23N3O. The second-order valence-corrected chi connectivity index (χ2v) is 5.30. The number of nitrogens with zero attached hydrogens (tertiary/aromatic N) is 1. The molecule has 104 valence electrons. The Balaban J connectivity index is 1.96. The molecule has 2 rings (SSSR count). The first-order chi connectivity index (χ1) is 9.10. The van der Waals surface area contributed by atoms with Gasteiger partial charge in [0.15, 0.2) is 0 Å². The van der Waals surface area contributed by atoms with Gasteiger partial charge in [0.1, 0.15) is 6.04 Å². The van der Waals surface area contributed by atoms with Crippen LogP contribution in [0.2, 0.25) is 0 Å². The van der Waals surface area contributed by atoms with Gasteiger partial charge in [0.05, 0.1) is 0 Å². The maximum absolute atomic E-state index is 11.5. The molecule has 1 aliphatic carbocycles. The van der Waals surface area contributed by atoms with Crippen molar-refractivity contribution in [2.45, 2.75) is 38.3 Å². The van der Waals surface area contributed by atoms with Crippen molar-refractivity contribution in [3.8, 4) is 0 Å². The second kappa shape index (κ2) is 6.06. The van der Waals surface area contributed by atoms with Gasteiger partial charge in [-0.15, -0.1) is 0 Å². The third-order valence-electron chi connectivity index (χ3n) is 3.60. The fraction of sp³-hybridized carbons (Fsp3) is 0.533. The van der Waals surface area contributed by atoms with Gasteiger partial charge in [0, 0.05) is 25.3 Å². The van der Waals surface area contributed by atoms with E-state index in [1.165, 1.54) is 5.56 Å². The van der Waals surface area contributed by atoms with Crippen LogP contribution in [-0.2, 0) is 11.2 Å². The van der Waals surface area contributed by atoms with Crippen LogP contribution < -0.4 is 16.0 Å². The van der Waals surface area contributed by atoms with Crippen molar-refractivity contribution in [1.82, 2.24) is 5.32 Å². The maximum atomic E-state index is 11.5. The molecule has 1 saturated carbocycles. The van der Waals surface area contributed by atoms with Crippen molar-refractivity contribution >= 4 is 11.6 Å². The van der Waals surface area contributed by atoms with E-state index in [1.807, 2.05) is 7.05 Å². The van der Waals surface area contributed by atoms with E-state index in [1.54, 1.807) is 0 Å². The zero-order valence-corrected chi connectivity index (χ0v) is 11.7. The van der Waals surface area contributed by atoms with E-state index in [2.05, 4.69) is 41.4 Å². The number of rotatable bonds is 7. The summed E-state index contributed by atoms with van der Waals surface area (Å²) in [5.74, 6) is -0.274. The second-order valence-electron chi connectivity index (χ2n) is 5.30. The Labute approximate surface area is 115 Å². The summed E-state index contributed by atoms with van der Waals surface area (Å²) in [6, 6.07) is 8.64. The fourth-order valence-electron chi connectivity index (χ4n) is 2.12. The van der Waals surface area contributed by atoms with Crippen LogP contribution in [0.3, 0.4) is 0 Å². The highest BCUT2D eigenvalue weighted by Crippen LogP contribution is 2.20. The molecule has 1 atom stereocenters. The Hall–Kier alpha value is -1.55. The van der Waals surface area contributed by atoms with Crippen LogP contribution in [-0.4, -0.2) is 31.6 Å². The normalized spacial score (nSPS) is 16.1. The molecule has 1 aromatic rings. The van der Waals surface area contributed by atoms with E-state index in [4.69, 9.17) is 5.73 Å². The topological polar surface area (TPSA) is 58.4 Å². The molecule has 1 aromatic carbocycles. The first kappa shape index (κ1) is 13.9. The van der Waals surface area contributed by atoms with E-state index in [9.17, 15) is 4.79 Å². The lowest BCUT2D eigenvalue weighted by molar-refractivity contribution is -0.119. The zero-order chi connectivity index (χ0) is 13.8. The molecule has 0 saturated heterocycles. The number of anilines is 1. The number of carbonyl (C=O) groups is 1. The van der Waals surface area contributed by atoms with Gasteiger partial charge in [-0.25, -0.2) is 0 Å². The van der Waals surface area contributed by atoms with Crippen LogP contribution in [0, 0.1) is 0 Å². The molecule has 1 amide bonds. The predicted octanol–water partition coefficient (Wildman–Crippen LogP) is 1.29. The predicted molar refractivity (Wildman–Crippen MR) is 78.2 cm³/mol. The van der Waals surface area contributed by atoms with Gasteiger partial charge < -0.3 is 16.0 Å². The van der Waals surface area contributed by atoms with E-state index in [0.717, 1.165) is 24.9 Å². The minimum Gasteiger partial charge on any atom is -0.372 e. The third-order valence-corrected chi connectivity index (χ3v) is 3.60. The summed E-state index contributed by atoms with van der Waals surface area (Å²) in [6.45, 7) is 2.75. The number of aryl methyl sites for hydroxylation is 1. The summed E-state index contributed by atoms with van der Waals surface area (Å²) < 4.78 is 0. The van der Waals surface area contributed by atoms with Gasteiger partial charge in [-0.05, 0) is 37.0 Å². The summed E-state index contributed by atoms with van der Waals surface area (Å²) >= 11 is 0. The Kier molecular flexibility index (Phi) is 4.43. The number of amides is 1. The highest BCUT2D eigenvalue weighted by atomic mass is 16.1. The lowest BCUT2D eigenvalue weighted by atomic mass is 10.1. The van der Waals surface area contributed by atoms with E-state index in [-0.39, 0.29) is 11.9 Å². The molecule has 19 heavy (non-hydrogen) atoms. The van der Waals surface area contributed by atoms with Crippen LogP contribution in [0.25, 0.3) is 0 Å². The largest absolute Gasteiger partial charge is 0.372 e. The number of benzene rings is 1. The number of nitrogens with one attached hydrogen (secondary N) is 1. The first-order valence-corrected chi connectivity index (χ1v) is 6.95. The Bertz CT molecular complexity index is 426. The van der Waals surface area contributed by atoms with E-state index >= 15 is 0 Å². The molecule has 0 spiro atoms. The number of hydrogen-bond donors (Lipinski definition) is 2. The van der Waals surface area contributed by atoms with Crippen molar-refractivity contribution in [3.63, 3.8) is 0 Å². The molecule has 4 heteroatoms. The quantitative estimate of drug-likeness (QED) is 0.777. The third kappa shape index (κ3) is 3.96. The van der Waals surface area contributed by atoms with Gasteiger partial charge in [-0.3, -0.25) is 4.79 Å². The lowest BCUT2D eigenvalue weighted by Crippen LogP contribution is -2.49. The molecule has 0 aliphatic heterocycles. The van der Waals surface area contributed by atoms with Gasteiger partial charge in [0.2, 0.25) is 5.91 Å². The monoisotopic (exact) mass is 261 g/mol. The van der Waals surface area contributed by atoms with Gasteiger partial charge in [0.25, 0.3) is 0 Å². The van der Waals surface area contributed by atoms with Gasteiger partial charge >= 0.3 is 0 Å². The van der Waals surface area contributed by atoms with Gasteiger partial charge in [-0.1, -0.05) is 19.1 Å². The van der Waals surface area contributed by atoms with E-state index in [0.29, 0.717) is 12.6 Å². The average Bonchev–Trinajstić information content (AvgIpc) is 3.22. The molecule has 3 N–H and O–H groups in total. The number of nitrogens with two attached hydrogens (primary N) is 1. The van der Waals surface area contributed by atoms with Crippen LogP contribution in [0.5, 0.6) is 0 Å². The fourth-order valence-corrected chi connectivity index (χ4v) is 2.12. The highest BCUT2D eigenvalue weighted by Gasteiger charge is 2.27. The molecular weight excluding hydrogens is 238 g/mol. The number of carbonyl (C=O) groups excluding carboxylic acids is 1. The number of hydrogen-bond acceptors (Lipinski definition) is 3. The highest BCUT2D eigenvalue weighted by molar-refractivity contribution is 5.80. The van der Waals surface area contributed by atoms with Crippen LogP contribution in [0.4, 0.5) is 5.69 Å². The van der Waals surface area contributed by atoms with Crippen molar-refractivity contribution in [3.05, 3.63) is 29.8 Å². The number of likely N-dealkylation sites (N-methyl/N-ethyl adjacent to an activating group) is 1. The van der Waals surface area contributed by atoms with Crippen LogP contribution >= 0.6 is 0 Å². The molecule has 0 heterocycles. The smallest absolute Gasteiger partial charge is 0.236 e. The summed E-state index contributed by atoms with van der Waals surface area (Å²) in [5.41, 5.74) is 7.89. The summed E-state index contributed by atoms with van der Waals surface area (Å²) in [6.07, 6.45) is 3.34. The van der Waals surface area contributed by atoms with Crippen molar-refractivity contribution < 1.29 is 4.79 Å². The molecule has 0 bridgehead atoms. The van der Waals surface area contributed by atoms with Crippen molar-refractivity contribution in [1.29, 1.82) is 0 Å². The minimum absolute atomic E-state index is 0.274. The van der Waals surface area contributed by atoms with Gasteiger partial charge in [-0.2, -0.15) is 0 Å². The zero-order valence-electron chi connectivity index (χ0n) is 11.7. The first-order valence-electron chi connectivity index (χ1n) is 6.95. The molecule has 1 fully saturated rings. The molecule has 1 unspecified atom stereocenters.